The number of carbonyl (C=O) groups excluding carboxylic acids is 1. The summed E-state index contributed by atoms with van der Waals surface area (Å²) in [5.74, 6) is 1.74. The molecule has 0 radical (unpaired) electrons. The van der Waals surface area contributed by atoms with Gasteiger partial charge in [-0.2, -0.15) is 17.0 Å². The van der Waals surface area contributed by atoms with Crippen molar-refractivity contribution in [3.8, 4) is 6.07 Å². The molecule has 2 aliphatic rings. The first-order valence-electron chi connectivity index (χ1n) is 7.16. The maximum atomic E-state index is 11.9. The Bertz CT molecular complexity index is 342. The second-order valence-electron chi connectivity index (χ2n) is 5.43. The maximum Gasteiger partial charge on any atom is 0.247 e. The van der Waals surface area contributed by atoms with E-state index in [1.54, 1.807) is 0 Å². The Hall–Kier alpha value is -0.730. The van der Waals surface area contributed by atoms with Gasteiger partial charge in [0.25, 0.3) is 0 Å². The van der Waals surface area contributed by atoms with Crippen molar-refractivity contribution in [1.29, 1.82) is 5.26 Å². The van der Waals surface area contributed by atoms with Crippen molar-refractivity contribution >= 4 is 17.7 Å². The third-order valence-corrected chi connectivity index (χ3v) is 4.93. The molecule has 1 N–H and O–H groups in total. The van der Waals surface area contributed by atoms with Crippen LogP contribution in [-0.2, 0) is 9.53 Å². The molecule has 2 rings (SSSR count). The van der Waals surface area contributed by atoms with Gasteiger partial charge in [0, 0.05) is 0 Å². The lowest BCUT2D eigenvalue weighted by Crippen LogP contribution is -2.51. The number of nitriles is 1. The molecule has 1 amide bonds. The SMILES string of the molecule is N#CC1(NC(=O)COC2CCCCC2)CCSCC1. The normalized spacial score (nSPS) is 23.5. The molecule has 0 unspecified atom stereocenters. The zero-order chi connectivity index (χ0) is 13.6. The summed E-state index contributed by atoms with van der Waals surface area (Å²) < 4.78 is 5.65. The summed E-state index contributed by atoms with van der Waals surface area (Å²) in [5.41, 5.74) is -0.655. The molecule has 0 aromatic rings. The predicted octanol–water partition coefficient (Wildman–Crippen LogP) is 2.24. The Morgan fingerprint density at radius 3 is 2.63 bits per heavy atom. The van der Waals surface area contributed by atoms with E-state index >= 15 is 0 Å². The van der Waals surface area contributed by atoms with Crippen LogP contribution in [0.2, 0.25) is 0 Å². The van der Waals surface area contributed by atoms with Gasteiger partial charge in [-0.15, -0.1) is 0 Å². The van der Waals surface area contributed by atoms with E-state index in [2.05, 4.69) is 11.4 Å². The Morgan fingerprint density at radius 1 is 1.32 bits per heavy atom. The van der Waals surface area contributed by atoms with E-state index in [1.165, 1.54) is 19.3 Å². The summed E-state index contributed by atoms with van der Waals surface area (Å²) in [6, 6.07) is 2.29. The Morgan fingerprint density at radius 2 is 2.00 bits per heavy atom. The highest BCUT2D eigenvalue weighted by molar-refractivity contribution is 7.99. The number of rotatable bonds is 4. The average molecular weight is 282 g/mol. The van der Waals surface area contributed by atoms with Gasteiger partial charge in [0.05, 0.1) is 12.2 Å². The van der Waals surface area contributed by atoms with Crippen molar-refractivity contribution in [1.82, 2.24) is 5.32 Å². The van der Waals surface area contributed by atoms with Gasteiger partial charge in [0.15, 0.2) is 0 Å². The minimum absolute atomic E-state index is 0.0985. The van der Waals surface area contributed by atoms with Gasteiger partial charge in [-0.3, -0.25) is 4.79 Å². The fraction of sp³-hybridized carbons (Fsp3) is 0.857. The van der Waals surface area contributed by atoms with Gasteiger partial charge in [-0.05, 0) is 37.2 Å². The van der Waals surface area contributed by atoms with Crippen molar-refractivity contribution in [3.05, 3.63) is 0 Å². The standard InChI is InChI=1S/C14H22N2O2S/c15-11-14(6-8-19-9-7-14)16-13(17)10-18-12-4-2-1-3-5-12/h12H,1-10H2,(H,16,17). The molecule has 2 fully saturated rings. The van der Waals surface area contributed by atoms with Gasteiger partial charge in [0.2, 0.25) is 5.91 Å². The molecular weight excluding hydrogens is 260 g/mol. The highest BCUT2D eigenvalue weighted by Crippen LogP contribution is 2.26. The fourth-order valence-corrected chi connectivity index (χ4v) is 3.90. The molecule has 1 saturated heterocycles. The summed E-state index contributed by atoms with van der Waals surface area (Å²) in [4.78, 5) is 11.9. The Balaban J connectivity index is 1.75. The van der Waals surface area contributed by atoms with Crippen molar-refractivity contribution in [2.75, 3.05) is 18.1 Å². The molecular formula is C14H22N2O2S. The van der Waals surface area contributed by atoms with Crippen LogP contribution in [0.3, 0.4) is 0 Å². The molecule has 0 bridgehead atoms. The van der Waals surface area contributed by atoms with E-state index in [0.717, 1.165) is 37.2 Å². The number of nitrogens with zero attached hydrogens (tertiary/aromatic N) is 1. The molecule has 0 aromatic heterocycles. The highest BCUT2D eigenvalue weighted by atomic mass is 32.2. The lowest BCUT2D eigenvalue weighted by Gasteiger charge is -2.31. The van der Waals surface area contributed by atoms with Gasteiger partial charge in [-0.25, -0.2) is 0 Å². The summed E-state index contributed by atoms with van der Waals surface area (Å²) >= 11 is 1.84. The van der Waals surface area contributed by atoms with Crippen molar-refractivity contribution < 1.29 is 9.53 Å². The quantitative estimate of drug-likeness (QED) is 0.859. The number of carbonyl (C=O) groups is 1. The van der Waals surface area contributed by atoms with Crippen LogP contribution in [0.15, 0.2) is 0 Å². The van der Waals surface area contributed by atoms with Crippen LogP contribution in [0.5, 0.6) is 0 Å². The van der Waals surface area contributed by atoms with Crippen LogP contribution in [0, 0.1) is 11.3 Å². The van der Waals surface area contributed by atoms with E-state index in [-0.39, 0.29) is 18.6 Å². The fourth-order valence-electron chi connectivity index (χ4n) is 2.71. The van der Waals surface area contributed by atoms with E-state index in [0.29, 0.717) is 0 Å². The average Bonchev–Trinajstić information content (AvgIpc) is 2.47. The van der Waals surface area contributed by atoms with E-state index in [9.17, 15) is 10.1 Å². The number of ether oxygens (including phenoxy) is 1. The topological polar surface area (TPSA) is 62.1 Å². The number of hydrogen-bond donors (Lipinski definition) is 1. The van der Waals surface area contributed by atoms with Gasteiger partial charge >= 0.3 is 0 Å². The highest BCUT2D eigenvalue weighted by Gasteiger charge is 2.34. The minimum atomic E-state index is -0.655. The van der Waals surface area contributed by atoms with Crippen LogP contribution in [-0.4, -0.2) is 35.7 Å². The predicted molar refractivity (Wildman–Crippen MR) is 75.9 cm³/mol. The van der Waals surface area contributed by atoms with E-state index < -0.39 is 5.54 Å². The summed E-state index contributed by atoms with van der Waals surface area (Å²) in [5, 5.41) is 12.2. The molecule has 0 atom stereocenters. The largest absolute Gasteiger partial charge is 0.368 e. The molecule has 4 nitrogen and oxygen atoms in total. The minimum Gasteiger partial charge on any atom is -0.368 e. The van der Waals surface area contributed by atoms with Crippen LogP contribution in [0.1, 0.15) is 44.9 Å². The zero-order valence-corrected chi connectivity index (χ0v) is 12.1. The first-order valence-corrected chi connectivity index (χ1v) is 8.31. The van der Waals surface area contributed by atoms with Crippen LogP contribution < -0.4 is 5.32 Å². The van der Waals surface area contributed by atoms with Crippen molar-refractivity contribution in [2.45, 2.75) is 56.6 Å². The van der Waals surface area contributed by atoms with E-state index in [4.69, 9.17) is 4.74 Å². The van der Waals surface area contributed by atoms with Crippen molar-refractivity contribution in [3.63, 3.8) is 0 Å². The number of thioether (sulfide) groups is 1. The van der Waals surface area contributed by atoms with Crippen LogP contribution >= 0.6 is 11.8 Å². The lowest BCUT2D eigenvalue weighted by molar-refractivity contribution is -0.129. The van der Waals surface area contributed by atoms with Gasteiger partial charge in [0.1, 0.15) is 12.1 Å². The molecule has 1 aliphatic heterocycles. The molecule has 1 heterocycles. The third-order valence-electron chi connectivity index (χ3n) is 3.94. The van der Waals surface area contributed by atoms with Crippen LogP contribution in [0.25, 0.3) is 0 Å². The number of amides is 1. The van der Waals surface area contributed by atoms with Crippen molar-refractivity contribution in [2.24, 2.45) is 0 Å². The smallest absolute Gasteiger partial charge is 0.247 e. The first-order chi connectivity index (χ1) is 9.24. The molecule has 0 spiro atoms. The van der Waals surface area contributed by atoms with Crippen LogP contribution in [0.4, 0.5) is 0 Å². The molecule has 1 saturated carbocycles. The summed E-state index contributed by atoms with van der Waals surface area (Å²) in [7, 11) is 0. The second-order valence-corrected chi connectivity index (χ2v) is 6.65. The summed E-state index contributed by atoms with van der Waals surface area (Å²) in [6.07, 6.45) is 7.52. The van der Waals surface area contributed by atoms with E-state index in [1.807, 2.05) is 11.8 Å². The monoisotopic (exact) mass is 282 g/mol. The maximum absolute atomic E-state index is 11.9. The first kappa shape index (κ1) is 14.7. The van der Waals surface area contributed by atoms with Gasteiger partial charge < -0.3 is 10.1 Å². The van der Waals surface area contributed by atoms with Gasteiger partial charge in [-0.1, -0.05) is 19.3 Å². The molecule has 19 heavy (non-hydrogen) atoms. The summed E-state index contributed by atoms with van der Waals surface area (Å²) in [6.45, 7) is 0.0985. The molecule has 1 aliphatic carbocycles. The number of hydrogen-bond acceptors (Lipinski definition) is 4. The number of nitrogens with one attached hydrogen (secondary N) is 1. The Labute approximate surface area is 119 Å². The molecule has 5 heteroatoms. The Kier molecular flexibility index (Phi) is 5.53. The molecule has 106 valence electrons. The lowest BCUT2D eigenvalue weighted by atomic mass is 9.94. The zero-order valence-electron chi connectivity index (χ0n) is 11.3. The second kappa shape index (κ2) is 7.16. The molecule has 0 aromatic carbocycles. The third kappa shape index (κ3) is 4.39.